The zero-order valence-corrected chi connectivity index (χ0v) is 86.7. The molecule has 0 saturated carbocycles. The van der Waals surface area contributed by atoms with Gasteiger partial charge in [-0.1, -0.05) is 179 Å². The van der Waals surface area contributed by atoms with Crippen LogP contribution in [0.2, 0.25) is 0 Å². The average molecular weight is 1920 g/mol. The maximum absolute atomic E-state index is 6.39. The summed E-state index contributed by atoms with van der Waals surface area (Å²) in [5.41, 5.74) is 38.2. The average Bonchev–Trinajstić information content (AvgIpc) is 1.57. The quantitative estimate of drug-likeness (QED) is 0.120. The predicted molar refractivity (Wildman–Crippen MR) is 602 cm³/mol. The summed E-state index contributed by atoms with van der Waals surface area (Å²) >= 11 is 0. The lowest BCUT2D eigenvalue weighted by molar-refractivity contribution is 0.601. The molecule has 5 aliphatic rings. The van der Waals surface area contributed by atoms with E-state index >= 15 is 0 Å². The fourth-order valence-corrected chi connectivity index (χ4v) is 22.5. The Kier molecular flexibility index (Phi) is 24.0. The van der Waals surface area contributed by atoms with Crippen LogP contribution < -0.4 is 49.0 Å². The maximum atomic E-state index is 6.39. The first-order chi connectivity index (χ1) is 70.1. The Labute approximate surface area is 847 Å². The summed E-state index contributed by atoms with van der Waals surface area (Å²) in [5.74, 6) is 0.895. The Hall–Kier alpha value is -16.4. The molecule has 21 aromatic rings. The van der Waals surface area contributed by atoms with E-state index in [9.17, 15) is 0 Å². The van der Waals surface area contributed by atoms with Gasteiger partial charge in [-0.2, -0.15) is 0 Å². The molecule has 0 bridgehead atoms. The van der Waals surface area contributed by atoms with Gasteiger partial charge in [-0.15, -0.1) is 0 Å². The van der Waals surface area contributed by atoms with Crippen LogP contribution in [0.25, 0.3) is 110 Å². The van der Waals surface area contributed by atoms with Crippen molar-refractivity contribution in [3.8, 4) is 0 Å². The summed E-state index contributed by atoms with van der Waals surface area (Å²) in [7, 11) is 2.14. The third-order valence-electron chi connectivity index (χ3n) is 29.8. The van der Waals surface area contributed by atoms with Crippen molar-refractivity contribution in [1.82, 2.24) is 24.9 Å². The number of nitrogens with zero attached hydrogens (tertiary/aromatic N) is 15. The molecule has 20 heteroatoms. The van der Waals surface area contributed by atoms with Crippen molar-refractivity contribution in [2.75, 3.05) is 56.0 Å². The summed E-state index contributed by atoms with van der Waals surface area (Å²) in [6, 6.07) is 96.4. The smallest absolute Gasteiger partial charge is 0.227 e. The lowest BCUT2D eigenvalue weighted by Crippen LogP contribution is -2.42. The highest BCUT2D eigenvalue weighted by Crippen LogP contribution is 2.55. The first kappa shape index (κ1) is 93.6. The molecule has 728 valence electrons. The lowest BCUT2D eigenvalue weighted by atomic mass is 9.92. The van der Waals surface area contributed by atoms with Crippen LogP contribution in [0.15, 0.2) is 320 Å². The van der Waals surface area contributed by atoms with Crippen LogP contribution in [-0.2, 0) is 0 Å². The minimum atomic E-state index is 0.0898. The van der Waals surface area contributed by atoms with Gasteiger partial charge in [0.25, 0.3) is 0 Å². The van der Waals surface area contributed by atoms with Crippen LogP contribution in [0.4, 0.5) is 79.6 Å². The van der Waals surface area contributed by atoms with Crippen LogP contribution in [0, 0.1) is 69.2 Å². The standard InChI is InChI=1S/C29H33N3O.C27H23N3O.C24H25N3O.C23H21N3O.C22H21N3O/c1-17(2)22-9-8-10-23(18(3)4)27(22)32-16-15-31(21(32)7)26-19(5)11-13-24-25-14-12-20(6)30-29(25)33-28(24)26;1-17-13-15-21-22-16-14-18(2)28-27(22)31-26(21)25(17)30-19(3)29(20-9-5-4-6-10-20)23-11-7-8-12-24(23)30;1-14(2)26-17(5)27(21-9-7-6-8-20(21)26)22-15(3)10-12-18-19-13-11-16(4)25-24(19)28-23(18)22;1-15-9-11-19-20-12-10-16(2)24-23(20)27-22(19)21(15)26-14-13-25(17(26)3)18-7-5-4-6-8-18;1-13-9-11-16-17-12-10-14(2)23-22(17)26-21(16)20(13)25-15(3)24(4)18-7-5-6-8-19(18)25/h8-18,21H,1-7H3;4-16,19H,1-3H3;6-14,17H,1-5H3;4-14,17H,1-3H3;5-12,15H,1-4H3. The number of para-hydroxylation sites is 9. The highest BCUT2D eigenvalue weighted by Gasteiger charge is 2.42. The molecule has 10 aromatic heterocycles. The monoisotopic (exact) mass is 1910 g/mol. The fourth-order valence-electron chi connectivity index (χ4n) is 22.5. The number of hydrogen-bond acceptors (Lipinski definition) is 20. The zero-order valence-electron chi connectivity index (χ0n) is 86.7. The third kappa shape index (κ3) is 16.0. The Bertz CT molecular complexity index is 8660. The predicted octanol–water partition coefficient (Wildman–Crippen LogP) is 32.8. The number of rotatable bonds is 11. The number of anilines is 14. The highest BCUT2D eigenvalue weighted by atomic mass is 16.4. The molecule has 15 heterocycles. The molecule has 5 unspecified atom stereocenters. The zero-order chi connectivity index (χ0) is 101. The van der Waals surface area contributed by atoms with E-state index in [2.05, 4.69) is 453 Å². The fraction of sp³-hybridized carbons (Fsp3) is 0.240. The summed E-state index contributed by atoms with van der Waals surface area (Å²) in [6.07, 6.45) is 9.44. The van der Waals surface area contributed by atoms with Crippen molar-refractivity contribution in [1.29, 1.82) is 0 Å². The second kappa shape index (κ2) is 37.2. The molecule has 0 aliphatic carbocycles. The second-order valence-electron chi connectivity index (χ2n) is 40.3. The number of aromatic nitrogens is 5. The van der Waals surface area contributed by atoms with Gasteiger partial charge in [-0.3, -0.25) is 0 Å². The molecule has 20 nitrogen and oxygen atoms in total. The number of fused-ring (bicyclic) bond motifs is 18. The Balaban J connectivity index is 0.000000104. The van der Waals surface area contributed by atoms with Gasteiger partial charge >= 0.3 is 0 Å². The number of hydrogen-bond donors (Lipinski definition) is 0. The first-order valence-electron chi connectivity index (χ1n) is 50.7. The Morgan fingerprint density at radius 2 is 0.497 bits per heavy atom. The molecule has 0 amide bonds. The van der Waals surface area contributed by atoms with E-state index in [1.165, 1.54) is 90.1 Å². The molecular weight excluding hydrogens is 1790 g/mol. The molecular formula is C125H123N15O5. The van der Waals surface area contributed by atoms with Crippen molar-refractivity contribution in [3.63, 3.8) is 0 Å². The number of furan rings is 5. The molecule has 5 atom stereocenters. The van der Waals surface area contributed by atoms with Crippen molar-refractivity contribution < 1.29 is 22.1 Å². The number of pyridine rings is 5. The van der Waals surface area contributed by atoms with E-state index < -0.39 is 0 Å². The van der Waals surface area contributed by atoms with E-state index in [0.29, 0.717) is 46.4 Å². The van der Waals surface area contributed by atoms with Gasteiger partial charge in [-0.25, -0.2) is 24.9 Å². The number of benzene rings is 11. The largest absolute Gasteiger partial charge is 0.435 e. The van der Waals surface area contributed by atoms with Crippen LogP contribution in [0.1, 0.15) is 155 Å². The topological polar surface area (TPSA) is 163 Å². The van der Waals surface area contributed by atoms with E-state index in [0.717, 1.165) is 139 Å². The van der Waals surface area contributed by atoms with Crippen LogP contribution in [-0.4, -0.2) is 68.8 Å². The summed E-state index contributed by atoms with van der Waals surface area (Å²) in [6.45, 7) is 45.5. The molecule has 11 aromatic carbocycles. The van der Waals surface area contributed by atoms with Gasteiger partial charge in [0.2, 0.25) is 28.6 Å². The summed E-state index contributed by atoms with van der Waals surface area (Å²) in [5, 5.41) is 10.9. The van der Waals surface area contributed by atoms with Crippen molar-refractivity contribution in [2.45, 2.75) is 194 Å². The van der Waals surface area contributed by atoms with Gasteiger partial charge in [0.15, 0.2) is 27.9 Å². The highest BCUT2D eigenvalue weighted by molar-refractivity contribution is 6.15. The van der Waals surface area contributed by atoms with E-state index in [-0.39, 0.29) is 30.8 Å². The molecule has 0 N–H and O–H groups in total. The molecule has 145 heavy (non-hydrogen) atoms. The lowest BCUT2D eigenvalue weighted by Gasteiger charge is -2.34. The van der Waals surface area contributed by atoms with Gasteiger partial charge < -0.3 is 71.1 Å². The molecule has 0 spiro atoms. The summed E-state index contributed by atoms with van der Waals surface area (Å²) in [4.78, 5) is 46.7. The van der Waals surface area contributed by atoms with Gasteiger partial charge in [0.05, 0.1) is 62.6 Å². The molecule has 0 radical (unpaired) electrons. The minimum absolute atomic E-state index is 0.0898. The van der Waals surface area contributed by atoms with Gasteiger partial charge in [-0.05, 0) is 290 Å². The Morgan fingerprint density at radius 3 is 0.855 bits per heavy atom. The van der Waals surface area contributed by atoms with Gasteiger partial charge in [0.1, 0.15) is 30.8 Å². The normalized spacial score (nSPS) is 16.4. The SMILES string of the molecule is Cc1ccc2c(n1)oc1c(N3C=CN(c4c(C(C)C)cccc4C(C)C)C3C)c(C)ccc12.Cc1ccc2c(n1)oc1c(N3C=CN(c4ccccc4)C3C)c(C)ccc12.Cc1ccc2c(n1)oc1c(N3c4ccccc4N(C(C)C)C3C)c(C)ccc12.Cc1ccc2c(n1)oc1c(N3c4ccccc4N(C)C3C)c(C)ccc12.Cc1ccc2c(n1)oc1c(N3c4ccccc4N(c4ccccc4)C3C)c(C)ccc12. The number of aryl methyl sites for hydroxylation is 10. The van der Waals surface area contributed by atoms with E-state index in [4.69, 9.17) is 22.1 Å². The maximum Gasteiger partial charge on any atom is 0.227 e. The van der Waals surface area contributed by atoms with Crippen molar-refractivity contribution in [3.05, 3.63) is 365 Å². The minimum Gasteiger partial charge on any atom is -0.435 e. The van der Waals surface area contributed by atoms with E-state index in [1.807, 2.05) is 71.0 Å². The van der Waals surface area contributed by atoms with Crippen molar-refractivity contribution in [2.24, 2.45) is 0 Å². The van der Waals surface area contributed by atoms with Crippen LogP contribution >= 0.6 is 0 Å². The van der Waals surface area contributed by atoms with Crippen LogP contribution in [0.3, 0.4) is 0 Å². The second-order valence-corrected chi connectivity index (χ2v) is 40.3. The van der Waals surface area contributed by atoms with Crippen LogP contribution in [0.5, 0.6) is 0 Å². The Morgan fingerprint density at radius 1 is 0.228 bits per heavy atom. The van der Waals surface area contributed by atoms with E-state index in [1.54, 1.807) is 0 Å². The van der Waals surface area contributed by atoms with Gasteiger partial charge in [0, 0.05) is 137 Å². The molecule has 5 aliphatic heterocycles. The molecule has 0 fully saturated rings. The van der Waals surface area contributed by atoms with Crippen molar-refractivity contribution >= 4 is 190 Å². The molecule has 26 rings (SSSR count). The first-order valence-corrected chi connectivity index (χ1v) is 50.7. The summed E-state index contributed by atoms with van der Waals surface area (Å²) < 4.78 is 31.6. The molecule has 0 saturated heterocycles. The third-order valence-corrected chi connectivity index (χ3v) is 29.8.